The summed E-state index contributed by atoms with van der Waals surface area (Å²) in [6.07, 6.45) is 4.61. The molecular weight excluding hydrogens is 424 g/mol. The molecule has 7 nitrogen and oxygen atoms in total. The fourth-order valence-electron chi connectivity index (χ4n) is 4.77. The highest BCUT2D eigenvalue weighted by Crippen LogP contribution is 2.42. The van der Waals surface area contributed by atoms with E-state index in [-0.39, 0.29) is 37.9 Å². The van der Waals surface area contributed by atoms with E-state index < -0.39 is 21.6 Å². The largest absolute Gasteiger partial charge is 0.450 e. The number of carbonyl (C=O) groups is 2. The predicted octanol–water partition coefficient (Wildman–Crippen LogP) is 2.84. The van der Waals surface area contributed by atoms with Gasteiger partial charge in [0.15, 0.2) is 0 Å². The number of nitrogens with zero attached hydrogens (tertiary/aromatic N) is 1. The summed E-state index contributed by atoms with van der Waals surface area (Å²) in [6, 6.07) is 3.41. The normalized spacial score (nSPS) is 27.3. The van der Waals surface area contributed by atoms with Gasteiger partial charge >= 0.3 is 5.97 Å². The predicted molar refractivity (Wildman–Crippen MR) is 113 cm³/mol. The maximum Gasteiger partial charge on any atom is 0.335 e. The average molecular weight is 453 g/mol. The first-order valence-corrected chi connectivity index (χ1v) is 12.8. The van der Waals surface area contributed by atoms with Gasteiger partial charge in [-0.15, -0.1) is 11.3 Å². The highest BCUT2D eigenvalue weighted by Gasteiger charge is 2.52. The fraction of sp³-hybridized carbons (Fsp3) is 0.619. The summed E-state index contributed by atoms with van der Waals surface area (Å²) in [4.78, 5) is 25.5. The van der Waals surface area contributed by atoms with Crippen molar-refractivity contribution in [2.24, 2.45) is 5.92 Å². The lowest BCUT2D eigenvalue weighted by Crippen LogP contribution is -2.51. The monoisotopic (exact) mass is 452 g/mol. The second-order valence-electron chi connectivity index (χ2n) is 8.65. The summed E-state index contributed by atoms with van der Waals surface area (Å²) in [5.41, 5.74) is -0.306. The number of ether oxygens (including phenoxy) is 1. The summed E-state index contributed by atoms with van der Waals surface area (Å²) in [7, 11) is -3.56. The summed E-state index contributed by atoms with van der Waals surface area (Å²) in [6.45, 7) is 4.27. The molecule has 0 unspecified atom stereocenters. The third-order valence-corrected chi connectivity index (χ3v) is 9.89. The molecule has 0 atom stereocenters. The molecule has 1 saturated heterocycles. The maximum atomic E-state index is 13.2. The number of thiophene rings is 1. The molecule has 1 spiro atoms. The van der Waals surface area contributed by atoms with Gasteiger partial charge in [-0.25, -0.2) is 13.2 Å². The van der Waals surface area contributed by atoms with Crippen LogP contribution in [0.5, 0.6) is 0 Å². The smallest absolute Gasteiger partial charge is 0.335 e. The van der Waals surface area contributed by atoms with Crippen LogP contribution in [-0.4, -0.2) is 49.3 Å². The molecule has 1 aliphatic carbocycles. The van der Waals surface area contributed by atoms with Crippen molar-refractivity contribution in [3.8, 4) is 0 Å². The lowest BCUT2D eigenvalue weighted by atomic mass is 9.82. The Kier molecular flexibility index (Phi) is 5.80. The Morgan fingerprint density at radius 2 is 1.90 bits per heavy atom. The lowest BCUT2D eigenvalue weighted by molar-refractivity contribution is -0.150. The molecule has 1 aromatic rings. The number of carbonyl (C=O) groups excluding carboxylic acids is 2. The van der Waals surface area contributed by atoms with Gasteiger partial charge < -0.3 is 10.1 Å². The summed E-state index contributed by atoms with van der Waals surface area (Å²) in [5.74, 6) is -0.0455. The molecule has 0 radical (unpaired) electrons. The molecule has 164 valence electrons. The number of hydrogen-bond acceptors (Lipinski definition) is 6. The van der Waals surface area contributed by atoms with Crippen LogP contribution in [0.25, 0.3) is 0 Å². The van der Waals surface area contributed by atoms with E-state index in [1.165, 1.54) is 15.6 Å². The Bertz CT molecular complexity index is 952. The van der Waals surface area contributed by atoms with E-state index in [9.17, 15) is 18.0 Å². The first kappa shape index (κ1) is 21.5. The molecule has 2 aliphatic heterocycles. The van der Waals surface area contributed by atoms with Crippen LogP contribution in [0.1, 0.15) is 52.4 Å². The minimum Gasteiger partial charge on any atom is -0.450 e. The molecule has 1 aromatic heterocycles. The zero-order valence-electron chi connectivity index (χ0n) is 17.3. The Labute approximate surface area is 181 Å². The lowest BCUT2D eigenvalue weighted by Gasteiger charge is -2.39. The minimum absolute atomic E-state index is 0.112. The molecular formula is C21H28N2O5S2. The van der Waals surface area contributed by atoms with Crippen molar-refractivity contribution in [3.05, 3.63) is 28.7 Å². The Hall–Kier alpha value is -1.71. The molecule has 3 heterocycles. The molecule has 9 heteroatoms. The topological polar surface area (TPSA) is 92.8 Å². The van der Waals surface area contributed by atoms with Gasteiger partial charge in [-0.3, -0.25) is 4.79 Å². The van der Waals surface area contributed by atoms with E-state index in [0.29, 0.717) is 21.3 Å². The van der Waals surface area contributed by atoms with Crippen molar-refractivity contribution >= 4 is 33.2 Å². The van der Waals surface area contributed by atoms with Gasteiger partial charge in [-0.05, 0) is 50.0 Å². The molecule has 3 aliphatic rings. The third kappa shape index (κ3) is 3.83. The van der Waals surface area contributed by atoms with Gasteiger partial charge in [-0.2, -0.15) is 4.31 Å². The zero-order chi connectivity index (χ0) is 21.5. The quantitative estimate of drug-likeness (QED) is 0.709. The molecule has 1 amide bonds. The van der Waals surface area contributed by atoms with Crippen molar-refractivity contribution in [1.29, 1.82) is 0 Å². The van der Waals surface area contributed by atoms with E-state index in [1.54, 1.807) is 24.4 Å². The average Bonchev–Trinajstić information content (AvgIpc) is 3.32. The minimum atomic E-state index is -3.56. The number of sulfonamides is 1. The fourth-order valence-corrected chi connectivity index (χ4v) is 7.35. The Morgan fingerprint density at radius 3 is 2.50 bits per heavy atom. The Morgan fingerprint density at radius 1 is 1.23 bits per heavy atom. The molecule has 30 heavy (non-hydrogen) atoms. The van der Waals surface area contributed by atoms with Gasteiger partial charge in [0.25, 0.3) is 15.9 Å². The molecule has 0 aromatic carbocycles. The molecule has 0 bridgehead atoms. The van der Waals surface area contributed by atoms with Crippen LogP contribution < -0.4 is 5.32 Å². The number of piperidine rings is 1. The van der Waals surface area contributed by atoms with E-state index in [4.69, 9.17) is 4.74 Å². The number of nitrogens with one attached hydrogen (secondary N) is 1. The molecule has 2 fully saturated rings. The van der Waals surface area contributed by atoms with Crippen LogP contribution in [0, 0.1) is 5.92 Å². The zero-order valence-corrected chi connectivity index (χ0v) is 19.0. The van der Waals surface area contributed by atoms with Crippen molar-refractivity contribution < 1.29 is 22.7 Å². The highest BCUT2D eigenvalue weighted by atomic mass is 32.2. The maximum absolute atomic E-state index is 13.2. The SMILES string of the molecule is CC1=C(C(=O)NC2CCC(C)CC2)C2(CCN(S(=O)(=O)c3cccs3)CC2)OC1=O. The van der Waals surface area contributed by atoms with Crippen molar-refractivity contribution in [3.63, 3.8) is 0 Å². The summed E-state index contributed by atoms with van der Waals surface area (Å²) < 4.78 is 33.1. The number of rotatable bonds is 4. The van der Waals surface area contributed by atoms with Gasteiger partial charge in [0, 0.05) is 37.5 Å². The van der Waals surface area contributed by atoms with Crippen LogP contribution in [0.3, 0.4) is 0 Å². The first-order chi connectivity index (χ1) is 14.2. The third-order valence-electron chi connectivity index (χ3n) is 6.62. The first-order valence-electron chi connectivity index (χ1n) is 10.5. The van der Waals surface area contributed by atoms with Gasteiger partial charge in [0.1, 0.15) is 9.81 Å². The summed E-state index contributed by atoms with van der Waals surface area (Å²) >= 11 is 1.18. The van der Waals surface area contributed by atoms with Gasteiger partial charge in [0.05, 0.1) is 5.57 Å². The number of esters is 1. The molecule has 1 N–H and O–H groups in total. The van der Waals surface area contributed by atoms with Crippen molar-refractivity contribution in [2.45, 2.75) is 68.2 Å². The standard InChI is InChI=1S/C21H28N2O5S2/c1-14-5-7-16(8-6-14)22-19(24)18-15(2)20(25)28-21(18)9-11-23(12-10-21)30(26,27)17-4-3-13-29-17/h3-4,13-14,16H,5-12H2,1-2H3,(H,22,24). The second kappa shape index (κ2) is 8.09. The van der Waals surface area contributed by atoms with E-state index in [2.05, 4.69) is 12.2 Å². The highest BCUT2D eigenvalue weighted by molar-refractivity contribution is 7.91. The van der Waals surface area contributed by atoms with Crippen LogP contribution >= 0.6 is 11.3 Å². The number of hydrogen-bond donors (Lipinski definition) is 1. The van der Waals surface area contributed by atoms with Crippen molar-refractivity contribution in [2.75, 3.05) is 13.1 Å². The number of amides is 1. The van der Waals surface area contributed by atoms with E-state index >= 15 is 0 Å². The van der Waals surface area contributed by atoms with Gasteiger partial charge in [0.2, 0.25) is 0 Å². The van der Waals surface area contributed by atoms with E-state index in [1.807, 2.05) is 0 Å². The van der Waals surface area contributed by atoms with Crippen molar-refractivity contribution in [1.82, 2.24) is 9.62 Å². The van der Waals surface area contributed by atoms with E-state index in [0.717, 1.165) is 25.7 Å². The van der Waals surface area contributed by atoms with Crippen LogP contribution in [-0.2, 0) is 24.3 Å². The van der Waals surface area contributed by atoms with Crippen LogP contribution in [0.15, 0.2) is 32.9 Å². The van der Waals surface area contributed by atoms with Gasteiger partial charge in [-0.1, -0.05) is 13.0 Å². The second-order valence-corrected chi connectivity index (χ2v) is 11.8. The van der Waals surface area contributed by atoms with Crippen LogP contribution in [0.2, 0.25) is 0 Å². The Balaban J connectivity index is 1.49. The van der Waals surface area contributed by atoms with Crippen LogP contribution in [0.4, 0.5) is 0 Å². The molecule has 4 rings (SSSR count). The summed E-state index contributed by atoms with van der Waals surface area (Å²) in [5, 5.41) is 4.84. The molecule has 1 saturated carbocycles.